The first-order chi connectivity index (χ1) is 13.7. The summed E-state index contributed by atoms with van der Waals surface area (Å²) in [6.45, 7) is 0.878. The number of rotatable bonds is 8. The molecule has 0 aromatic carbocycles. The minimum absolute atomic E-state index is 0. The third kappa shape index (κ3) is 7.87. The number of β-lactam (4-membered cyclic amide) rings is 1. The van der Waals surface area contributed by atoms with Crippen LogP contribution in [0.3, 0.4) is 0 Å². The Morgan fingerprint density at radius 2 is 1.84 bits per heavy atom. The number of hydrogen-bond donors (Lipinski definition) is 2. The molecule has 166 valence electrons. The Morgan fingerprint density at radius 1 is 1.25 bits per heavy atom. The molecule has 2 atom stereocenters. The maximum absolute atomic E-state index is 12.5. The maximum atomic E-state index is 12.5. The number of amides is 2. The molecule has 1 aliphatic rings. The van der Waals surface area contributed by atoms with E-state index in [1.54, 1.807) is 0 Å². The fourth-order valence-corrected chi connectivity index (χ4v) is 4.19. The van der Waals surface area contributed by atoms with Crippen molar-refractivity contribution in [2.45, 2.75) is 19.2 Å². The Morgan fingerprint density at radius 3 is 2.31 bits per heavy atom. The van der Waals surface area contributed by atoms with Gasteiger partial charge in [-0.05, 0) is 0 Å². The van der Waals surface area contributed by atoms with E-state index in [9.17, 15) is 40.3 Å². The zero-order chi connectivity index (χ0) is 22.9. The van der Waals surface area contributed by atoms with Gasteiger partial charge < -0.3 is 24.0 Å². The minimum Gasteiger partial charge on any atom is -0.731 e. The number of hydrogen-bond acceptors (Lipinski definition) is 14. The molecule has 1 fully saturated rings. The van der Waals surface area contributed by atoms with Gasteiger partial charge >= 0.3 is 65.1 Å². The van der Waals surface area contributed by atoms with Gasteiger partial charge in [-0.2, -0.15) is 0 Å². The van der Waals surface area contributed by atoms with Crippen LogP contribution in [-0.2, 0) is 44.6 Å². The van der Waals surface area contributed by atoms with Gasteiger partial charge in [0.25, 0.3) is 11.8 Å². The number of aromatic nitrogens is 1. The topological polar surface area (TPSA) is 237 Å². The molecule has 0 unspecified atom stereocenters. The van der Waals surface area contributed by atoms with E-state index in [1.807, 2.05) is 5.32 Å². The summed E-state index contributed by atoms with van der Waals surface area (Å²) < 4.78 is 71.4. The number of nitrogens with one attached hydrogen (secondary N) is 2. The Hall–Kier alpha value is -0.870. The van der Waals surface area contributed by atoms with Gasteiger partial charge in [-0.1, -0.05) is 5.16 Å². The van der Waals surface area contributed by atoms with E-state index in [2.05, 4.69) is 19.7 Å². The van der Waals surface area contributed by atoms with Crippen LogP contribution in [-0.4, -0.2) is 78.1 Å². The van der Waals surface area contributed by atoms with Crippen LogP contribution in [0.15, 0.2) is 10.5 Å². The van der Waals surface area contributed by atoms with E-state index >= 15 is 0 Å². The Labute approximate surface area is 229 Å². The standard InChI is InChI=1S/C11H13N5O11S3.2Na/c1-4(17)27-10-7(9(19)16(10)30(23,24)25)13-8(18)6(14-26-2)5-3-28-11(12-5)15-29(20,21)22;;/h3,7,10H,1-2H3,(H,12,15)(H,13,18)(H,20,21,22)(H,23,24,25);;/q;2*+1/p-2/t7-,10+;;/m1../s1. The van der Waals surface area contributed by atoms with E-state index in [4.69, 9.17) is 0 Å². The van der Waals surface area contributed by atoms with Crippen LogP contribution in [0.25, 0.3) is 0 Å². The Balaban J connectivity index is 0.00000480. The van der Waals surface area contributed by atoms with Gasteiger partial charge in [0.15, 0.2) is 37.5 Å². The molecule has 2 amide bonds. The van der Waals surface area contributed by atoms with Crippen LogP contribution in [0.4, 0.5) is 5.13 Å². The third-order valence-corrected chi connectivity index (χ3v) is 5.37. The molecular weight excluding hydrogens is 520 g/mol. The average molecular weight is 531 g/mol. The van der Waals surface area contributed by atoms with Gasteiger partial charge in [0.2, 0.25) is 6.23 Å². The summed E-state index contributed by atoms with van der Waals surface area (Å²) >= 11 is 0.617. The fourth-order valence-electron chi connectivity index (χ4n) is 2.14. The molecule has 0 aliphatic carbocycles. The fraction of sp³-hybridized carbons (Fsp3) is 0.364. The minimum atomic E-state index is -5.33. The molecule has 2 rings (SSSR count). The van der Waals surface area contributed by atoms with Crippen LogP contribution in [0.1, 0.15) is 12.6 Å². The van der Waals surface area contributed by atoms with Crippen molar-refractivity contribution in [2.75, 3.05) is 11.8 Å². The summed E-state index contributed by atoms with van der Waals surface area (Å²) in [4.78, 5) is 43.7. The van der Waals surface area contributed by atoms with Crippen molar-refractivity contribution in [3.8, 4) is 0 Å². The van der Waals surface area contributed by atoms with E-state index in [-0.39, 0.29) is 69.1 Å². The zero-order valence-electron chi connectivity index (χ0n) is 16.8. The van der Waals surface area contributed by atoms with Crippen molar-refractivity contribution >= 4 is 60.6 Å². The van der Waals surface area contributed by atoms with Crippen LogP contribution in [0, 0.1) is 0 Å². The second kappa shape index (κ2) is 12.0. The van der Waals surface area contributed by atoms with E-state index in [0.29, 0.717) is 11.3 Å². The molecular formula is C11H11N5Na2O11S3. The predicted octanol–water partition coefficient (Wildman–Crippen LogP) is -8.95. The van der Waals surface area contributed by atoms with E-state index in [0.717, 1.165) is 19.4 Å². The van der Waals surface area contributed by atoms with Crippen molar-refractivity contribution in [1.82, 2.24) is 14.6 Å². The zero-order valence-corrected chi connectivity index (χ0v) is 23.2. The third-order valence-electron chi connectivity index (χ3n) is 3.17. The van der Waals surface area contributed by atoms with Gasteiger partial charge in [-0.3, -0.25) is 19.1 Å². The number of oxime groups is 1. The van der Waals surface area contributed by atoms with Gasteiger partial charge in [-0.15, -0.1) is 11.3 Å². The van der Waals surface area contributed by atoms with Crippen LogP contribution < -0.4 is 69.2 Å². The van der Waals surface area contributed by atoms with Crippen LogP contribution in [0.2, 0.25) is 0 Å². The SMILES string of the molecule is CON=C(C(=O)N[C@@H]1C(=O)N(S(=O)(=O)[O-])[C@H]1OC(C)=O)c1csc(NS(=O)(=O)[O-])n1.[Na+].[Na+]. The molecule has 16 nitrogen and oxygen atoms in total. The van der Waals surface area contributed by atoms with Crippen molar-refractivity contribution in [2.24, 2.45) is 5.16 Å². The predicted molar refractivity (Wildman–Crippen MR) is 93.0 cm³/mol. The summed E-state index contributed by atoms with van der Waals surface area (Å²) in [6, 6.07) is -1.74. The molecule has 0 radical (unpaired) electrons. The van der Waals surface area contributed by atoms with E-state index < -0.39 is 61.5 Å². The number of esters is 1. The number of ether oxygens (including phenoxy) is 1. The molecule has 2 N–H and O–H groups in total. The summed E-state index contributed by atoms with van der Waals surface area (Å²) in [7, 11) is -9.18. The first-order valence-corrected chi connectivity index (χ1v) is 11.0. The van der Waals surface area contributed by atoms with Crippen LogP contribution >= 0.6 is 11.3 Å². The largest absolute Gasteiger partial charge is 1.00 e. The summed E-state index contributed by atoms with van der Waals surface area (Å²) in [6.07, 6.45) is -1.93. The summed E-state index contributed by atoms with van der Waals surface area (Å²) in [5.74, 6) is -3.60. The number of carbonyl (C=O) groups excluding carboxylic acids is 3. The molecule has 1 aromatic heterocycles. The van der Waals surface area contributed by atoms with Gasteiger partial charge in [0.05, 0.1) is 0 Å². The molecule has 0 saturated carbocycles. The quantitative estimate of drug-likeness (QED) is 0.0794. The molecule has 21 heteroatoms. The number of carbonyl (C=O) groups is 3. The summed E-state index contributed by atoms with van der Waals surface area (Å²) in [5.41, 5.74) is -0.891. The molecule has 1 aromatic rings. The second-order valence-corrected chi connectivity index (χ2v) is 8.48. The van der Waals surface area contributed by atoms with Gasteiger partial charge in [0, 0.05) is 12.3 Å². The molecule has 32 heavy (non-hydrogen) atoms. The van der Waals surface area contributed by atoms with Crippen LogP contribution in [0.5, 0.6) is 0 Å². The van der Waals surface area contributed by atoms with Gasteiger partial charge in [-0.25, -0.2) is 26.1 Å². The van der Waals surface area contributed by atoms with E-state index in [1.165, 1.54) is 4.72 Å². The van der Waals surface area contributed by atoms with Crippen molar-refractivity contribution in [1.29, 1.82) is 0 Å². The van der Waals surface area contributed by atoms with Crippen molar-refractivity contribution in [3.63, 3.8) is 0 Å². The molecule has 0 bridgehead atoms. The number of anilines is 1. The second-order valence-electron chi connectivity index (χ2n) is 5.26. The monoisotopic (exact) mass is 531 g/mol. The normalized spacial score (nSPS) is 18.4. The smallest absolute Gasteiger partial charge is 0.731 e. The first-order valence-electron chi connectivity index (χ1n) is 7.32. The maximum Gasteiger partial charge on any atom is 1.00 e. The molecule has 1 saturated heterocycles. The Bertz CT molecular complexity index is 1120. The molecule has 1 aliphatic heterocycles. The summed E-state index contributed by atoms with van der Waals surface area (Å²) in [5, 5.41) is 6.09. The van der Waals surface area contributed by atoms with Crippen molar-refractivity contribution < 1.29 is 109 Å². The van der Waals surface area contributed by atoms with Crippen molar-refractivity contribution in [3.05, 3.63) is 11.1 Å². The average Bonchev–Trinajstić information content (AvgIpc) is 3.01. The van der Waals surface area contributed by atoms with Gasteiger partial charge in [0.1, 0.15) is 12.8 Å². The molecule has 0 spiro atoms. The number of thiazole rings is 1. The number of nitrogens with zero attached hydrogens (tertiary/aromatic N) is 3. The Kier molecular flexibility index (Phi) is 11.7. The first kappa shape index (κ1) is 31.1. The molecule has 2 heterocycles.